The van der Waals surface area contributed by atoms with Crippen LogP contribution in [-0.4, -0.2) is 35.6 Å². The first kappa shape index (κ1) is 14.9. The third-order valence-corrected chi connectivity index (χ3v) is 5.17. The molecule has 0 amide bonds. The zero-order chi connectivity index (χ0) is 14.5. The van der Waals surface area contributed by atoms with Crippen molar-refractivity contribution in [3.8, 4) is 0 Å². The first-order valence-electron chi connectivity index (χ1n) is 7.69. The van der Waals surface area contributed by atoms with Gasteiger partial charge in [0, 0.05) is 12.6 Å². The molecule has 1 aliphatic rings. The van der Waals surface area contributed by atoms with E-state index in [1.165, 1.54) is 31.3 Å². The second kappa shape index (κ2) is 7.27. The molecule has 1 N–H and O–H groups in total. The fourth-order valence-electron chi connectivity index (χ4n) is 2.84. The summed E-state index contributed by atoms with van der Waals surface area (Å²) in [6.45, 7) is 4.37. The zero-order valence-electron chi connectivity index (χ0n) is 12.3. The molecule has 0 saturated carbocycles. The molecule has 21 heavy (non-hydrogen) atoms. The summed E-state index contributed by atoms with van der Waals surface area (Å²) in [5.41, 5.74) is 0. The molecule has 2 aromatic rings. The minimum atomic E-state index is -1.11. The van der Waals surface area contributed by atoms with Crippen molar-refractivity contribution < 1.29 is 4.55 Å². The molecule has 1 heterocycles. The third-order valence-electron chi connectivity index (χ3n) is 4.02. The average molecular weight is 302 g/mol. The molecule has 0 bridgehead atoms. The largest absolute Gasteiger partial charge is 0.593 e. The van der Waals surface area contributed by atoms with E-state index in [0.717, 1.165) is 29.8 Å². The van der Waals surface area contributed by atoms with E-state index in [9.17, 15) is 4.55 Å². The number of nitrogens with zero attached hydrogens (tertiary/aromatic N) is 1. The smallest absolute Gasteiger partial charge is 0.174 e. The predicted octanol–water partition coefficient (Wildman–Crippen LogP) is 2.94. The van der Waals surface area contributed by atoms with Gasteiger partial charge in [0.25, 0.3) is 0 Å². The first-order valence-corrected chi connectivity index (χ1v) is 8.84. The zero-order valence-corrected chi connectivity index (χ0v) is 13.1. The molecule has 1 aliphatic heterocycles. The van der Waals surface area contributed by atoms with Crippen LogP contribution in [0.1, 0.15) is 19.3 Å². The number of benzene rings is 2. The molecule has 0 aliphatic carbocycles. The lowest BCUT2D eigenvalue weighted by Crippen LogP contribution is -2.28. The van der Waals surface area contributed by atoms with Crippen LogP contribution in [0.2, 0.25) is 0 Å². The molecular formula is C17H22N2OS. The van der Waals surface area contributed by atoms with E-state index in [1.807, 2.05) is 30.3 Å². The lowest BCUT2D eigenvalue weighted by atomic mass is 10.1. The quantitative estimate of drug-likeness (QED) is 0.658. The minimum Gasteiger partial charge on any atom is -0.593 e. The second-order valence-electron chi connectivity index (χ2n) is 5.57. The number of likely N-dealkylation sites (tertiary alicyclic amines) is 1. The molecule has 2 aromatic carbocycles. The van der Waals surface area contributed by atoms with Crippen LogP contribution in [0.4, 0.5) is 0 Å². The molecule has 3 rings (SSSR count). The lowest BCUT2D eigenvalue weighted by Gasteiger charge is -2.15. The van der Waals surface area contributed by atoms with Crippen molar-refractivity contribution in [2.75, 3.05) is 26.2 Å². The van der Waals surface area contributed by atoms with Gasteiger partial charge in [0.15, 0.2) is 4.90 Å². The van der Waals surface area contributed by atoms with Gasteiger partial charge in [-0.1, -0.05) is 24.3 Å². The number of hydrogen-bond acceptors (Lipinski definition) is 3. The number of hydrogen-bond donors (Lipinski definition) is 1. The molecule has 0 spiro atoms. The lowest BCUT2D eigenvalue weighted by molar-refractivity contribution is 0.334. The molecule has 112 valence electrons. The van der Waals surface area contributed by atoms with Crippen molar-refractivity contribution in [2.24, 2.45) is 0 Å². The maximum Gasteiger partial charge on any atom is 0.174 e. The van der Waals surface area contributed by atoms with Gasteiger partial charge in [0.2, 0.25) is 0 Å². The highest BCUT2D eigenvalue weighted by Crippen LogP contribution is 2.18. The molecule has 0 aromatic heterocycles. The Bertz CT molecular complexity index is 584. The van der Waals surface area contributed by atoms with E-state index >= 15 is 0 Å². The number of nitrogens with one attached hydrogen (secondary N) is 1. The molecule has 1 atom stereocenters. The highest BCUT2D eigenvalue weighted by atomic mass is 32.2. The van der Waals surface area contributed by atoms with Crippen LogP contribution in [0.25, 0.3) is 10.8 Å². The van der Waals surface area contributed by atoms with E-state index in [1.54, 1.807) is 0 Å². The van der Waals surface area contributed by atoms with Crippen LogP contribution in [0.15, 0.2) is 47.4 Å². The van der Waals surface area contributed by atoms with Gasteiger partial charge in [-0.25, -0.2) is 0 Å². The van der Waals surface area contributed by atoms with Crippen molar-refractivity contribution in [3.63, 3.8) is 0 Å². The van der Waals surface area contributed by atoms with E-state index in [2.05, 4.69) is 21.8 Å². The van der Waals surface area contributed by atoms with Gasteiger partial charge in [0.1, 0.15) is 0 Å². The third kappa shape index (κ3) is 3.98. The fraction of sp³-hybridized carbons (Fsp3) is 0.412. The van der Waals surface area contributed by atoms with Gasteiger partial charge >= 0.3 is 0 Å². The summed E-state index contributed by atoms with van der Waals surface area (Å²) in [6.07, 6.45) is 3.71. The van der Waals surface area contributed by atoms with Crippen molar-refractivity contribution in [3.05, 3.63) is 42.5 Å². The summed E-state index contributed by atoms with van der Waals surface area (Å²) in [5, 5.41) is 2.33. The van der Waals surface area contributed by atoms with E-state index in [0.29, 0.717) is 0 Å². The van der Waals surface area contributed by atoms with Crippen LogP contribution in [0, 0.1) is 0 Å². The number of fused-ring (bicyclic) bond motifs is 1. The molecule has 3 nitrogen and oxygen atoms in total. The van der Waals surface area contributed by atoms with E-state index in [4.69, 9.17) is 0 Å². The van der Waals surface area contributed by atoms with Gasteiger partial charge in [0.05, 0.1) is 11.4 Å². The Hall–Kier alpha value is -1.07. The maximum absolute atomic E-state index is 12.3. The van der Waals surface area contributed by atoms with Gasteiger partial charge in [-0.15, -0.1) is 4.72 Å². The van der Waals surface area contributed by atoms with Crippen LogP contribution < -0.4 is 4.72 Å². The summed E-state index contributed by atoms with van der Waals surface area (Å²) in [6, 6.07) is 14.2. The summed E-state index contributed by atoms with van der Waals surface area (Å²) in [5.74, 6) is 0. The van der Waals surface area contributed by atoms with E-state index in [-0.39, 0.29) is 0 Å². The first-order chi connectivity index (χ1) is 10.3. The normalized spacial score (nSPS) is 17.4. The Morgan fingerprint density at radius 1 is 1.05 bits per heavy atom. The van der Waals surface area contributed by atoms with Crippen LogP contribution in [-0.2, 0) is 11.4 Å². The highest BCUT2D eigenvalue weighted by molar-refractivity contribution is 7.89. The Morgan fingerprint density at radius 3 is 2.62 bits per heavy atom. The minimum absolute atomic E-state index is 0.802. The molecule has 1 saturated heterocycles. The SMILES string of the molecule is [O-][S+](NCCCN1CCCC1)c1ccc2ccccc2c1. The Kier molecular flexibility index (Phi) is 5.14. The number of rotatable bonds is 6. The van der Waals surface area contributed by atoms with Crippen molar-refractivity contribution in [1.29, 1.82) is 0 Å². The Balaban J connectivity index is 1.50. The van der Waals surface area contributed by atoms with Gasteiger partial charge in [-0.3, -0.25) is 0 Å². The summed E-state index contributed by atoms with van der Waals surface area (Å²) in [4.78, 5) is 3.34. The topological polar surface area (TPSA) is 38.3 Å². The van der Waals surface area contributed by atoms with E-state index < -0.39 is 11.4 Å². The van der Waals surface area contributed by atoms with Gasteiger partial charge < -0.3 is 9.45 Å². The molecular weight excluding hydrogens is 280 g/mol. The van der Waals surface area contributed by atoms with Crippen LogP contribution in [0.3, 0.4) is 0 Å². The monoisotopic (exact) mass is 302 g/mol. The molecule has 1 fully saturated rings. The molecule has 4 heteroatoms. The molecule has 1 unspecified atom stereocenters. The fourth-order valence-corrected chi connectivity index (χ4v) is 3.76. The standard InChI is InChI=1S/C17H22N2OS/c20-21(18-10-5-13-19-11-3-4-12-19)17-9-8-15-6-1-2-7-16(15)14-17/h1-2,6-9,14,18H,3-5,10-13H2. The molecule has 0 radical (unpaired) electrons. The summed E-state index contributed by atoms with van der Waals surface area (Å²) < 4.78 is 15.4. The van der Waals surface area contributed by atoms with Crippen LogP contribution >= 0.6 is 0 Å². The highest BCUT2D eigenvalue weighted by Gasteiger charge is 2.13. The average Bonchev–Trinajstić information content (AvgIpc) is 3.04. The summed E-state index contributed by atoms with van der Waals surface area (Å²) in [7, 11) is 0. The van der Waals surface area contributed by atoms with Gasteiger partial charge in [-0.2, -0.15) is 0 Å². The van der Waals surface area contributed by atoms with Crippen LogP contribution in [0.5, 0.6) is 0 Å². The Labute approximate surface area is 129 Å². The predicted molar refractivity (Wildman–Crippen MR) is 88.7 cm³/mol. The Morgan fingerprint density at radius 2 is 1.81 bits per heavy atom. The van der Waals surface area contributed by atoms with Crippen molar-refractivity contribution >= 4 is 22.1 Å². The van der Waals surface area contributed by atoms with Gasteiger partial charge in [-0.05, 0) is 61.8 Å². The maximum atomic E-state index is 12.3. The summed E-state index contributed by atoms with van der Waals surface area (Å²) >= 11 is -1.11. The second-order valence-corrected chi connectivity index (χ2v) is 6.87. The van der Waals surface area contributed by atoms with Crippen molar-refractivity contribution in [1.82, 2.24) is 9.62 Å². The van der Waals surface area contributed by atoms with Crippen molar-refractivity contribution in [2.45, 2.75) is 24.2 Å².